The molecule has 0 fully saturated rings. The van der Waals surface area contributed by atoms with Gasteiger partial charge in [-0.25, -0.2) is 0 Å². The minimum atomic E-state index is 0.183. The Morgan fingerprint density at radius 3 is 2.60 bits per heavy atom. The Morgan fingerprint density at radius 2 is 2.08 bits per heavy atom. The SMILES string of the molecule is CNC1NC(C(C)(C)C)=CS1.O=Cc1cc2cc(CN=O)ccc2s1. The highest BCUT2D eigenvalue weighted by molar-refractivity contribution is 8.02. The van der Waals surface area contributed by atoms with Crippen molar-refractivity contribution in [1.82, 2.24) is 10.6 Å². The minimum absolute atomic E-state index is 0.183. The predicted octanol–water partition coefficient (Wildman–Crippen LogP) is 4.69. The lowest BCUT2D eigenvalue weighted by Gasteiger charge is -2.22. The molecular weight excluding hydrogens is 354 g/mol. The second kappa shape index (κ2) is 8.60. The molecule has 5 nitrogen and oxygen atoms in total. The zero-order chi connectivity index (χ0) is 18.4. The molecule has 0 spiro atoms. The monoisotopic (exact) mass is 377 g/mol. The third-order valence-electron chi connectivity index (χ3n) is 3.64. The maximum atomic E-state index is 10.5. The Bertz CT molecular complexity index is 778. The lowest BCUT2D eigenvalue weighted by atomic mass is 9.93. The van der Waals surface area contributed by atoms with Crippen LogP contribution < -0.4 is 10.6 Å². The first kappa shape index (κ1) is 19.6. The second-order valence-electron chi connectivity index (χ2n) is 6.66. The number of hydrogen-bond donors (Lipinski definition) is 2. The van der Waals surface area contributed by atoms with Crippen molar-refractivity contribution in [2.75, 3.05) is 7.05 Å². The summed E-state index contributed by atoms with van der Waals surface area (Å²) in [7, 11) is 1.96. The van der Waals surface area contributed by atoms with Gasteiger partial charge in [0.25, 0.3) is 0 Å². The van der Waals surface area contributed by atoms with E-state index in [-0.39, 0.29) is 12.0 Å². The summed E-state index contributed by atoms with van der Waals surface area (Å²) in [5.41, 5.74) is 2.81. The van der Waals surface area contributed by atoms with E-state index >= 15 is 0 Å². The maximum absolute atomic E-state index is 10.5. The maximum Gasteiger partial charge on any atom is 0.160 e. The van der Waals surface area contributed by atoms with Crippen LogP contribution in [0.1, 0.15) is 36.0 Å². The lowest BCUT2D eigenvalue weighted by molar-refractivity contribution is 0.112. The molecule has 1 aromatic heterocycles. The Kier molecular flexibility index (Phi) is 6.75. The molecule has 1 aromatic carbocycles. The quantitative estimate of drug-likeness (QED) is 0.597. The average molecular weight is 378 g/mol. The highest BCUT2D eigenvalue weighted by atomic mass is 32.2. The van der Waals surface area contributed by atoms with Gasteiger partial charge in [-0.1, -0.05) is 43.8 Å². The van der Waals surface area contributed by atoms with Crippen molar-refractivity contribution in [1.29, 1.82) is 0 Å². The number of rotatable bonds is 4. The number of thiophene rings is 1. The number of allylic oxidation sites excluding steroid dienone is 1. The number of carbonyl (C=O) groups excluding carboxylic acids is 1. The van der Waals surface area contributed by atoms with E-state index in [9.17, 15) is 9.70 Å². The molecule has 7 heteroatoms. The van der Waals surface area contributed by atoms with Crippen LogP contribution in [0.15, 0.2) is 40.5 Å². The molecule has 0 saturated heterocycles. The van der Waals surface area contributed by atoms with Gasteiger partial charge in [0.2, 0.25) is 0 Å². The van der Waals surface area contributed by atoms with Crippen molar-refractivity contribution in [3.63, 3.8) is 0 Å². The largest absolute Gasteiger partial charge is 0.364 e. The van der Waals surface area contributed by atoms with Gasteiger partial charge in [-0.05, 0) is 41.6 Å². The number of nitrogens with zero attached hydrogens (tertiary/aromatic N) is 1. The van der Waals surface area contributed by atoms with Crippen LogP contribution in [0.25, 0.3) is 10.1 Å². The minimum Gasteiger partial charge on any atom is -0.364 e. The van der Waals surface area contributed by atoms with Crippen molar-refractivity contribution in [3.05, 3.63) is 50.7 Å². The number of aldehydes is 1. The number of hydrogen-bond acceptors (Lipinski definition) is 7. The molecule has 1 aliphatic rings. The fourth-order valence-corrected chi connectivity index (χ4v) is 4.11. The number of nitrogens with one attached hydrogen (secondary N) is 2. The standard InChI is InChI=1S/C10H7NO2S.C8H16N2S/c12-6-9-4-8-3-7(5-11-13)1-2-10(8)14-9;1-8(2,3)6-5-11-7(9-4)10-6/h1-4,6H,5H2;5,7,9-10H,1-4H3. The van der Waals surface area contributed by atoms with E-state index in [4.69, 9.17) is 0 Å². The van der Waals surface area contributed by atoms with E-state index < -0.39 is 0 Å². The third kappa shape index (κ3) is 5.39. The fourth-order valence-electron chi connectivity index (χ4n) is 2.22. The summed E-state index contributed by atoms with van der Waals surface area (Å²) in [5, 5.41) is 12.6. The number of nitroso groups, excluding NO2 is 1. The van der Waals surface area contributed by atoms with Gasteiger partial charge in [-0.15, -0.1) is 11.3 Å². The molecule has 0 bridgehead atoms. The predicted molar refractivity (Wildman–Crippen MR) is 108 cm³/mol. The average Bonchev–Trinajstić information content (AvgIpc) is 3.21. The van der Waals surface area contributed by atoms with Gasteiger partial charge in [0.05, 0.1) is 4.88 Å². The molecular formula is C18H23N3O2S2. The molecule has 134 valence electrons. The van der Waals surface area contributed by atoms with Crippen molar-refractivity contribution in [2.24, 2.45) is 10.6 Å². The smallest absolute Gasteiger partial charge is 0.160 e. The zero-order valence-corrected chi connectivity index (χ0v) is 16.5. The summed E-state index contributed by atoms with van der Waals surface area (Å²) in [5.74, 6) is 0. The topological polar surface area (TPSA) is 70.6 Å². The van der Waals surface area contributed by atoms with Gasteiger partial charge >= 0.3 is 0 Å². The molecule has 2 aromatic rings. The van der Waals surface area contributed by atoms with Gasteiger partial charge in [-0.3, -0.25) is 10.1 Å². The highest BCUT2D eigenvalue weighted by Crippen LogP contribution is 2.31. The Hall–Kier alpha value is -1.70. The van der Waals surface area contributed by atoms with Crippen LogP contribution >= 0.6 is 23.1 Å². The van der Waals surface area contributed by atoms with E-state index in [1.54, 1.807) is 11.8 Å². The lowest BCUT2D eigenvalue weighted by Crippen LogP contribution is -2.35. The molecule has 3 rings (SSSR count). The van der Waals surface area contributed by atoms with Gasteiger partial charge in [0.1, 0.15) is 12.0 Å². The molecule has 0 radical (unpaired) electrons. The van der Waals surface area contributed by atoms with Crippen LogP contribution in [-0.4, -0.2) is 18.8 Å². The van der Waals surface area contributed by atoms with Crippen molar-refractivity contribution in [3.8, 4) is 0 Å². The zero-order valence-electron chi connectivity index (χ0n) is 14.8. The number of carbonyl (C=O) groups is 1. The summed E-state index contributed by atoms with van der Waals surface area (Å²) < 4.78 is 1.06. The first-order chi connectivity index (χ1) is 11.9. The van der Waals surface area contributed by atoms with Crippen LogP contribution in [0.5, 0.6) is 0 Å². The number of fused-ring (bicyclic) bond motifs is 1. The third-order valence-corrected chi connectivity index (χ3v) is 5.68. The molecule has 25 heavy (non-hydrogen) atoms. The van der Waals surface area contributed by atoms with Gasteiger partial charge in [-0.2, -0.15) is 4.91 Å². The van der Waals surface area contributed by atoms with E-state index in [0.717, 1.165) is 21.9 Å². The summed E-state index contributed by atoms with van der Waals surface area (Å²) in [6.07, 6.45) is 0.836. The van der Waals surface area contributed by atoms with E-state index in [1.165, 1.54) is 17.0 Å². The molecule has 0 aliphatic carbocycles. The molecule has 1 aliphatic heterocycles. The number of thioether (sulfide) groups is 1. The normalized spacial score (nSPS) is 16.6. The first-order valence-electron chi connectivity index (χ1n) is 7.94. The number of benzene rings is 1. The summed E-state index contributed by atoms with van der Waals surface area (Å²) in [6, 6.07) is 7.48. The fraction of sp³-hybridized carbons (Fsp3) is 0.389. The van der Waals surface area contributed by atoms with E-state index in [2.05, 4.69) is 42.0 Å². The summed E-state index contributed by atoms with van der Waals surface area (Å²) in [6.45, 7) is 6.82. The van der Waals surface area contributed by atoms with Crippen LogP contribution in [0, 0.1) is 10.3 Å². The molecule has 2 N–H and O–H groups in total. The summed E-state index contributed by atoms with van der Waals surface area (Å²) >= 11 is 3.24. The Balaban J connectivity index is 0.000000186. The summed E-state index contributed by atoms with van der Waals surface area (Å²) in [4.78, 5) is 21.3. The van der Waals surface area contributed by atoms with E-state index in [1.807, 2.05) is 31.3 Å². The van der Waals surface area contributed by atoms with Crippen molar-refractivity contribution < 1.29 is 4.79 Å². The van der Waals surface area contributed by atoms with Gasteiger partial charge in [0, 0.05) is 15.8 Å². The van der Waals surface area contributed by atoms with Crippen molar-refractivity contribution in [2.45, 2.75) is 32.8 Å². The van der Waals surface area contributed by atoms with E-state index in [0.29, 0.717) is 10.4 Å². The Morgan fingerprint density at radius 1 is 1.32 bits per heavy atom. The highest BCUT2D eigenvalue weighted by Gasteiger charge is 2.23. The molecule has 1 unspecified atom stereocenters. The molecule has 1 atom stereocenters. The van der Waals surface area contributed by atoms with Crippen LogP contribution in [0.2, 0.25) is 0 Å². The Labute approximate surface area is 156 Å². The van der Waals surface area contributed by atoms with Gasteiger partial charge in [0.15, 0.2) is 6.29 Å². The molecule has 0 amide bonds. The van der Waals surface area contributed by atoms with Crippen LogP contribution in [0.4, 0.5) is 0 Å². The molecule has 2 heterocycles. The van der Waals surface area contributed by atoms with Crippen LogP contribution in [-0.2, 0) is 6.54 Å². The van der Waals surface area contributed by atoms with Crippen molar-refractivity contribution >= 4 is 39.5 Å². The van der Waals surface area contributed by atoms with Gasteiger partial charge < -0.3 is 5.32 Å². The first-order valence-corrected chi connectivity index (χ1v) is 9.70. The second-order valence-corrected chi connectivity index (χ2v) is 8.75. The molecule has 0 saturated carbocycles. The van der Waals surface area contributed by atoms with Crippen LogP contribution in [0.3, 0.4) is 0 Å².